The number of aliphatic imine (C=N–C) groups is 1. The van der Waals surface area contributed by atoms with Gasteiger partial charge in [-0.1, -0.05) is 25.7 Å². The highest BCUT2D eigenvalue weighted by Crippen LogP contribution is 2.42. The minimum atomic E-state index is 0.479. The van der Waals surface area contributed by atoms with Gasteiger partial charge in [0.05, 0.1) is 0 Å². The zero-order valence-electron chi connectivity index (χ0n) is 17.5. The Hall–Kier alpha value is -1.24. The van der Waals surface area contributed by atoms with Gasteiger partial charge in [0.15, 0.2) is 5.96 Å². The first-order chi connectivity index (χ1) is 13.8. The van der Waals surface area contributed by atoms with E-state index < -0.39 is 0 Å². The summed E-state index contributed by atoms with van der Waals surface area (Å²) in [5, 5.41) is 12.5. The van der Waals surface area contributed by atoms with Crippen LogP contribution in [0.3, 0.4) is 0 Å². The maximum atomic E-state index is 4.60. The number of fused-ring (bicyclic) bond motifs is 1. The summed E-state index contributed by atoms with van der Waals surface area (Å²) in [6, 6.07) is 0. The molecule has 1 aromatic heterocycles. The van der Waals surface area contributed by atoms with E-state index in [0.717, 1.165) is 51.4 Å². The molecule has 156 valence electrons. The number of rotatable bonds is 4. The molecular formula is C21H36N6S. The van der Waals surface area contributed by atoms with E-state index >= 15 is 0 Å². The summed E-state index contributed by atoms with van der Waals surface area (Å²) in [4.78, 5) is 7.10. The predicted octanol–water partition coefficient (Wildman–Crippen LogP) is 3.26. The van der Waals surface area contributed by atoms with Gasteiger partial charge < -0.3 is 14.8 Å². The summed E-state index contributed by atoms with van der Waals surface area (Å²) in [6.45, 7) is 4.32. The van der Waals surface area contributed by atoms with Gasteiger partial charge in [-0.25, -0.2) is 0 Å². The monoisotopic (exact) mass is 404 g/mol. The molecule has 0 bridgehead atoms. The number of hydrogen-bond donors (Lipinski definition) is 1. The van der Waals surface area contributed by atoms with Gasteiger partial charge in [0.1, 0.15) is 11.6 Å². The van der Waals surface area contributed by atoms with Crippen molar-refractivity contribution in [3.63, 3.8) is 0 Å². The quantitative estimate of drug-likeness (QED) is 0.474. The fourth-order valence-electron chi connectivity index (χ4n) is 5.03. The van der Waals surface area contributed by atoms with Gasteiger partial charge in [-0.05, 0) is 32.1 Å². The number of nitrogens with zero attached hydrogens (tertiary/aromatic N) is 5. The average Bonchev–Trinajstić information content (AvgIpc) is 2.95. The molecule has 1 N–H and O–H groups in total. The van der Waals surface area contributed by atoms with Crippen LogP contribution in [0.4, 0.5) is 0 Å². The van der Waals surface area contributed by atoms with Crippen molar-refractivity contribution in [3.05, 3.63) is 11.6 Å². The maximum Gasteiger partial charge on any atom is 0.193 e. The van der Waals surface area contributed by atoms with Crippen LogP contribution in [0, 0.1) is 0 Å². The number of aryl methyl sites for hydroxylation is 2. The lowest BCUT2D eigenvalue weighted by molar-refractivity contribution is 0.293. The van der Waals surface area contributed by atoms with Crippen molar-refractivity contribution in [2.24, 2.45) is 4.99 Å². The Balaban J connectivity index is 1.26. The maximum absolute atomic E-state index is 4.60. The van der Waals surface area contributed by atoms with Gasteiger partial charge in [-0.2, -0.15) is 11.8 Å². The van der Waals surface area contributed by atoms with Gasteiger partial charge in [-0.3, -0.25) is 4.99 Å². The van der Waals surface area contributed by atoms with Gasteiger partial charge in [-0.15, -0.1) is 10.2 Å². The standard InChI is InChI=1S/C21H36N6S/c1-22-20(26-15-16-28-21(17-26)11-5-3-6-12-21)23-13-8-10-19-25-24-18-9-4-2-7-14-27(18)19/h2-17H2,1H3,(H,22,23). The molecule has 1 spiro atoms. The van der Waals surface area contributed by atoms with Crippen molar-refractivity contribution < 1.29 is 0 Å². The molecule has 2 fully saturated rings. The minimum Gasteiger partial charge on any atom is -0.356 e. The molecule has 1 saturated heterocycles. The fourth-order valence-corrected chi connectivity index (χ4v) is 6.60. The molecule has 0 aromatic carbocycles. The van der Waals surface area contributed by atoms with Crippen LogP contribution >= 0.6 is 11.8 Å². The lowest BCUT2D eigenvalue weighted by Gasteiger charge is -2.45. The van der Waals surface area contributed by atoms with Crippen molar-refractivity contribution in [1.29, 1.82) is 0 Å². The summed E-state index contributed by atoms with van der Waals surface area (Å²) >= 11 is 2.22. The lowest BCUT2D eigenvalue weighted by Crippen LogP contribution is -2.53. The number of nitrogens with one attached hydrogen (secondary N) is 1. The normalized spacial score (nSPS) is 22.8. The molecule has 2 aliphatic heterocycles. The second-order valence-electron chi connectivity index (χ2n) is 8.59. The van der Waals surface area contributed by atoms with Crippen molar-refractivity contribution in [3.8, 4) is 0 Å². The molecule has 1 saturated carbocycles. The molecule has 1 aromatic rings. The van der Waals surface area contributed by atoms with Crippen molar-refractivity contribution in [2.45, 2.75) is 81.9 Å². The van der Waals surface area contributed by atoms with E-state index in [-0.39, 0.29) is 0 Å². The largest absolute Gasteiger partial charge is 0.356 e. The highest BCUT2D eigenvalue weighted by molar-refractivity contribution is 8.00. The zero-order chi connectivity index (χ0) is 19.2. The molecule has 1 aliphatic carbocycles. The van der Waals surface area contributed by atoms with E-state index in [1.54, 1.807) is 0 Å². The number of aromatic nitrogens is 3. The van der Waals surface area contributed by atoms with Crippen LogP contribution in [-0.2, 0) is 19.4 Å². The Bertz CT molecular complexity index is 658. The van der Waals surface area contributed by atoms with Crippen molar-refractivity contribution in [1.82, 2.24) is 25.0 Å². The number of guanidine groups is 1. The Morgan fingerprint density at radius 1 is 1.11 bits per heavy atom. The van der Waals surface area contributed by atoms with E-state index in [1.165, 1.54) is 68.8 Å². The third-order valence-electron chi connectivity index (χ3n) is 6.57. The summed E-state index contributed by atoms with van der Waals surface area (Å²) in [6.07, 6.45) is 14.0. The Labute approximate surface area is 174 Å². The van der Waals surface area contributed by atoms with Crippen LogP contribution in [0.5, 0.6) is 0 Å². The summed E-state index contributed by atoms with van der Waals surface area (Å²) < 4.78 is 2.85. The second-order valence-corrected chi connectivity index (χ2v) is 10.1. The SMILES string of the molecule is CN=C(NCCCc1nnc2n1CCCCC2)N1CCSC2(CCCCC2)C1. The minimum absolute atomic E-state index is 0.479. The summed E-state index contributed by atoms with van der Waals surface area (Å²) in [5.74, 6) is 4.68. The Morgan fingerprint density at radius 2 is 1.96 bits per heavy atom. The zero-order valence-corrected chi connectivity index (χ0v) is 18.3. The average molecular weight is 405 g/mol. The second kappa shape index (κ2) is 9.51. The van der Waals surface area contributed by atoms with E-state index in [4.69, 9.17) is 0 Å². The van der Waals surface area contributed by atoms with E-state index in [1.807, 2.05) is 7.05 Å². The smallest absolute Gasteiger partial charge is 0.193 e. The number of hydrogen-bond acceptors (Lipinski definition) is 4. The summed E-state index contributed by atoms with van der Waals surface area (Å²) in [5.41, 5.74) is 0. The van der Waals surface area contributed by atoms with Crippen LogP contribution in [0.2, 0.25) is 0 Å². The first-order valence-corrected chi connectivity index (χ1v) is 12.3. The van der Waals surface area contributed by atoms with E-state index in [0.29, 0.717) is 4.75 Å². The van der Waals surface area contributed by atoms with Crippen LogP contribution in [0.25, 0.3) is 0 Å². The summed E-state index contributed by atoms with van der Waals surface area (Å²) in [7, 11) is 1.93. The van der Waals surface area contributed by atoms with Gasteiger partial charge in [0, 0.05) is 56.6 Å². The number of thioether (sulfide) groups is 1. The van der Waals surface area contributed by atoms with Crippen LogP contribution < -0.4 is 5.32 Å². The lowest BCUT2D eigenvalue weighted by atomic mass is 9.87. The first kappa shape index (κ1) is 20.0. The van der Waals surface area contributed by atoms with Crippen LogP contribution in [0.15, 0.2) is 4.99 Å². The highest BCUT2D eigenvalue weighted by atomic mass is 32.2. The van der Waals surface area contributed by atoms with E-state index in [9.17, 15) is 0 Å². The third kappa shape index (κ3) is 4.66. The topological polar surface area (TPSA) is 58.3 Å². The molecular weight excluding hydrogens is 368 g/mol. The third-order valence-corrected chi connectivity index (χ3v) is 8.11. The van der Waals surface area contributed by atoms with Gasteiger partial charge in [0.25, 0.3) is 0 Å². The molecule has 7 heteroatoms. The van der Waals surface area contributed by atoms with Crippen molar-refractivity contribution >= 4 is 17.7 Å². The molecule has 0 amide bonds. The van der Waals surface area contributed by atoms with Crippen LogP contribution in [0.1, 0.15) is 69.4 Å². The molecule has 4 rings (SSSR count). The van der Waals surface area contributed by atoms with Crippen molar-refractivity contribution in [2.75, 3.05) is 32.4 Å². The van der Waals surface area contributed by atoms with Gasteiger partial charge in [0.2, 0.25) is 0 Å². The molecule has 3 heterocycles. The Kier molecular flexibility index (Phi) is 6.81. The predicted molar refractivity (Wildman–Crippen MR) is 117 cm³/mol. The first-order valence-electron chi connectivity index (χ1n) is 11.3. The van der Waals surface area contributed by atoms with E-state index in [2.05, 4.69) is 41.7 Å². The molecule has 3 aliphatic rings. The highest BCUT2D eigenvalue weighted by Gasteiger charge is 2.38. The molecule has 6 nitrogen and oxygen atoms in total. The van der Waals surface area contributed by atoms with Crippen LogP contribution in [-0.4, -0.2) is 62.8 Å². The molecule has 0 atom stereocenters. The van der Waals surface area contributed by atoms with Gasteiger partial charge >= 0.3 is 0 Å². The Morgan fingerprint density at radius 3 is 2.82 bits per heavy atom. The molecule has 0 radical (unpaired) electrons. The molecule has 0 unspecified atom stereocenters. The molecule has 28 heavy (non-hydrogen) atoms. The fraction of sp³-hybridized carbons (Fsp3) is 0.857.